The Bertz CT molecular complexity index is 951. The summed E-state index contributed by atoms with van der Waals surface area (Å²) in [4.78, 5) is 25.8. The second-order valence-electron chi connectivity index (χ2n) is 8.97. The molecule has 33 heavy (non-hydrogen) atoms. The van der Waals surface area contributed by atoms with Crippen LogP contribution in [0.2, 0.25) is 5.02 Å². The third-order valence-electron chi connectivity index (χ3n) is 6.63. The molecule has 0 aliphatic heterocycles. The minimum Gasteiger partial charge on any atom is -0.351 e. The van der Waals surface area contributed by atoms with E-state index in [-0.39, 0.29) is 23.8 Å². The molecule has 0 saturated heterocycles. The predicted molar refractivity (Wildman–Crippen MR) is 133 cm³/mol. The fourth-order valence-electron chi connectivity index (χ4n) is 4.22. The number of benzene rings is 2. The largest absolute Gasteiger partial charge is 0.351 e. The minimum atomic E-state index is -0.582. The molecule has 0 aliphatic carbocycles. The molecule has 0 aromatic heterocycles. The van der Waals surface area contributed by atoms with Gasteiger partial charge in [0.05, 0.1) is 17.0 Å². The highest BCUT2D eigenvalue weighted by Crippen LogP contribution is 2.44. The summed E-state index contributed by atoms with van der Waals surface area (Å²) in [5, 5.41) is 6.32. The van der Waals surface area contributed by atoms with Gasteiger partial charge in [0.1, 0.15) is 5.82 Å². The molecule has 2 N–H and O–H groups in total. The van der Waals surface area contributed by atoms with Crippen molar-refractivity contribution in [3.63, 3.8) is 0 Å². The molecule has 0 fully saturated rings. The Kier molecular flexibility index (Phi) is 9.90. The number of carbonyl (C=O) groups is 2. The molecule has 2 aromatic rings. The summed E-state index contributed by atoms with van der Waals surface area (Å²) in [6.45, 7) is 10.1. The first-order valence-corrected chi connectivity index (χ1v) is 12.1. The van der Waals surface area contributed by atoms with Crippen molar-refractivity contribution in [3.05, 3.63) is 70.0 Å². The van der Waals surface area contributed by atoms with Crippen molar-refractivity contribution in [2.45, 2.75) is 66.3 Å². The molecule has 0 radical (unpaired) electrons. The van der Waals surface area contributed by atoms with Crippen LogP contribution in [0.3, 0.4) is 0 Å². The number of hydrogen-bond acceptors (Lipinski definition) is 2. The molecule has 3 atom stereocenters. The Morgan fingerprint density at radius 1 is 1.09 bits per heavy atom. The lowest BCUT2D eigenvalue weighted by Gasteiger charge is -2.39. The van der Waals surface area contributed by atoms with Gasteiger partial charge in [0, 0.05) is 17.7 Å². The number of rotatable bonds is 11. The van der Waals surface area contributed by atoms with E-state index in [1.54, 1.807) is 30.3 Å². The molecule has 2 aromatic carbocycles. The van der Waals surface area contributed by atoms with Gasteiger partial charge in [-0.15, -0.1) is 0 Å². The van der Waals surface area contributed by atoms with Gasteiger partial charge in [-0.2, -0.15) is 0 Å². The van der Waals surface area contributed by atoms with Crippen molar-refractivity contribution >= 4 is 23.4 Å². The summed E-state index contributed by atoms with van der Waals surface area (Å²) in [6, 6.07) is 11.4. The van der Waals surface area contributed by atoms with Crippen LogP contribution in [-0.2, 0) is 4.79 Å². The number of carbonyl (C=O) groups excluding carboxylic acids is 2. The highest BCUT2D eigenvalue weighted by atomic mass is 35.5. The summed E-state index contributed by atoms with van der Waals surface area (Å²) in [5.41, 5.74) is 1.27. The molecule has 2 rings (SSSR count). The van der Waals surface area contributed by atoms with E-state index in [1.165, 1.54) is 6.07 Å². The van der Waals surface area contributed by atoms with Crippen LogP contribution in [0, 0.1) is 24.1 Å². The maximum Gasteiger partial charge on any atom is 0.251 e. The van der Waals surface area contributed by atoms with E-state index < -0.39 is 17.8 Å². The van der Waals surface area contributed by atoms with E-state index >= 15 is 4.39 Å². The number of amides is 2. The van der Waals surface area contributed by atoms with Crippen LogP contribution in [0.4, 0.5) is 4.39 Å². The zero-order valence-corrected chi connectivity index (χ0v) is 21.1. The Morgan fingerprint density at radius 2 is 1.76 bits per heavy atom. The number of hydrogen-bond donors (Lipinski definition) is 2. The highest BCUT2D eigenvalue weighted by Gasteiger charge is 2.38. The Hall–Kier alpha value is -2.40. The summed E-state index contributed by atoms with van der Waals surface area (Å²) in [7, 11) is 0. The molecule has 4 nitrogen and oxygen atoms in total. The van der Waals surface area contributed by atoms with Crippen LogP contribution >= 0.6 is 11.6 Å². The summed E-state index contributed by atoms with van der Waals surface area (Å²) in [6.07, 6.45) is 2.98. The average molecular weight is 475 g/mol. The molecular formula is C27H36ClFN2O2. The molecule has 0 aliphatic rings. The average Bonchev–Trinajstić information content (AvgIpc) is 2.81. The van der Waals surface area contributed by atoms with Gasteiger partial charge in [0.15, 0.2) is 0 Å². The van der Waals surface area contributed by atoms with E-state index in [4.69, 9.17) is 11.6 Å². The van der Waals surface area contributed by atoms with E-state index in [9.17, 15) is 9.59 Å². The maximum atomic E-state index is 15.1. The van der Waals surface area contributed by atoms with Gasteiger partial charge in [0.2, 0.25) is 5.91 Å². The van der Waals surface area contributed by atoms with Crippen molar-refractivity contribution in [1.29, 1.82) is 0 Å². The molecule has 0 heterocycles. The molecule has 6 heteroatoms. The smallest absolute Gasteiger partial charge is 0.251 e. The van der Waals surface area contributed by atoms with Crippen LogP contribution in [0.25, 0.3) is 0 Å². The number of nitrogens with one attached hydrogen (secondary N) is 2. The molecular weight excluding hydrogens is 439 g/mol. The van der Waals surface area contributed by atoms with Crippen LogP contribution in [-0.4, -0.2) is 18.4 Å². The molecule has 0 bridgehead atoms. The van der Waals surface area contributed by atoms with Gasteiger partial charge >= 0.3 is 0 Å². The van der Waals surface area contributed by atoms with Crippen molar-refractivity contribution < 1.29 is 14.0 Å². The van der Waals surface area contributed by atoms with Crippen molar-refractivity contribution in [3.8, 4) is 0 Å². The van der Waals surface area contributed by atoms with Crippen molar-refractivity contribution in [2.75, 3.05) is 6.54 Å². The second-order valence-corrected chi connectivity index (χ2v) is 9.35. The van der Waals surface area contributed by atoms with Crippen LogP contribution in [0.15, 0.2) is 42.5 Å². The lowest BCUT2D eigenvalue weighted by Crippen LogP contribution is -2.45. The maximum absolute atomic E-state index is 15.1. The SMILES string of the molecule is CCCC(C)(CC)[C@H](NC(=O)[C@H](CC)CNC(=O)c1ccccc1)c1c(F)ccc(C)c1Cl. The van der Waals surface area contributed by atoms with Gasteiger partial charge in [-0.25, -0.2) is 4.39 Å². The van der Waals surface area contributed by atoms with Crippen molar-refractivity contribution in [1.82, 2.24) is 10.6 Å². The Balaban J connectivity index is 2.30. The summed E-state index contributed by atoms with van der Waals surface area (Å²) in [5.74, 6) is -1.31. The minimum absolute atomic E-state index is 0.198. The molecule has 0 spiro atoms. The van der Waals surface area contributed by atoms with Gasteiger partial charge in [-0.1, -0.05) is 70.0 Å². The van der Waals surface area contributed by atoms with Crippen LogP contribution in [0.1, 0.15) is 80.9 Å². The van der Waals surface area contributed by atoms with E-state index in [1.807, 2.05) is 26.8 Å². The lowest BCUT2D eigenvalue weighted by molar-refractivity contribution is -0.126. The van der Waals surface area contributed by atoms with E-state index in [0.29, 0.717) is 22.6 Å². The van der Waals surface area contributed by atoms with Gasteiger partial charge < -0.3 is 10.6 Å². The molecule has 1 unspecified atom stereocenters. The second kappa shape index (κ2) is 12.2. The highest BCUT2D eigenvalue weighted by molar-refractivity contribution is 6.32. The Labute approximate surface area is 202 Å². The molecule has 0 saturated carbocycles. The monoisotopic (exact) mass is 474 g/mol. The zero-order valence-electron chi connectivity index (χ0n) is 20.3. The van der Waals surface area contributed by atoms with E-state index in [2.05, 4.69) is 24.5 Å². The van der Waals surface area contributed by atoms with E-state index in [0.717, 1.165) is 24.8 Å². The number of aryl methyl sites for hydroxylation is 1. The topological polar surface area (TPSA) is 58.2 Å². The summed E-state index contributed by atoms with van der Waals surface area (Å²) >= 11 is 6.58. The van der Waals surface area contributed by atoms with Gasteiger partial charge in [-0.3, -0.25) is 9.59 Å². The number of halogens is 2. The quantitative estimate of drug-likeness (QED) is 0.384. The third kappa shape index (κ3) is 6.57. The third-order valence-corrected chi connectivity index (χ3v) is 7.13. The standard InChI is InChI=1S/C27H36ClFN2O2/c1-6-16-27(5,8-3)24(22-21(29)15-14-18(4)23(22)28)31-26(33)19(7-2)17-30-25(32)20-12-10-9-11-13-20/h9-15,19,24H,6-8,16-17H2,1-5H3,(H,30,32)(H,31,33)/t19-,24-,27?/m1/s1. The van der Waals surface area contributed by atoms with Crippen molar-refractivity contribution in [2.24, 2.45) is 11.3 Å². The zero-order chi connectivity index (χ0) is 24.6. The first-order valence-electron chi connectivity index (χ1n) is 11.8. The normalized spacial score (nSPS) is 14.8. The summed E-state index contributed by atoms with van der Waals surface area (Å²) < 4.78 is 15.1. The van der Waals surface area contributed by atoms with Crippen LogP contribution < -0.4 is 10.6 Å². The first kappa shape index (κ1) is 26.8. The fraction of sp³-hybridized carbons (Fsp3) is 0.481. The molecule has 2 amide bonds. The van der Waals surface area contributed by atoms with Gasteiger partial charge in [0.25, 0.3) is 5.91 Å². The molecule has 180 valence electrons. The van der Waals surface area contributed by atoms with Gasteiger partial charge in [-0.05, 0) is 55.4 Å². The van der Waals surface area contributed by atoms with Crippen LogP contribution in [0.5, 0.6) is 0 Å². The lowest BCUT2D eigenvalue weighted by atomic mass is 9.72. The predicted octanol–water partition coefficient (Wildman–Crippen LogP) is 6.62. The first-order chi connectivity index (χ1) is 15.7. The Morgan fingerprint density at radius 3 is 2.33 bits per heavy atom. The fourth-order valence-corrected chi connectivity index (χ4v) is 4.49.